The highest BCUT2D eigenvalue weighted by Gasteiger charge is 2.48. The van der Waals surface area contributed by atoms with E-state index in [0.717, 1.165) is 51.4 Å². The van der Waals surface area contributed by atoms with Crippen molar-refractivity contribution in [3.8, 4) is 0 Å². The second kappa shape index (κ2) is 29.4. The summed E-state index contributed by atoms with van der Waals surface area (Å²) in [5.74, 6) is -0.435. The van der Waals surface area contributed by atoms with Crippen molar-refractivity contribution >= 4 is 16.4 Å². The van der Waals surface area contributed by atoms with Crippen LogP contribution in [-0.2, 0) is 38.3 Å². The standard InChI is InChI=1S/C37H62O12S/c1-3-5-7-9-11-12-13-14-15-16-17-18-19-21-23-25-27-45-29-31(47-33(39)26-24-22-20-10-8-6-4-2)30-46-37-35(41)36(49-50(42,43)44)34(40)32(28-38)48-37/h5,7,11-12,14-15,17-18,21,23,31-32,34-38,40-41H,3-4,6,8-10,13,16,19-20,22,24-30H2,1-2H3,(H,42,43,44)/b7-5-,12-11-,15-14-,18-17-,23-21-. The van der Waals surface area contributed by atoms with E-state index in [1.54, 1.807) is 0 Å². The van der Waals surface area contributed by atoms with E-state index in [9.17, 15) is 28.5 Å². The van der Waals surface area contributed by atoms with Gasteiger partial charge in [0.2, 0.25) is 0 Å². The third-order valence-corrected chi connectivity index (χ3v) is 8.14. The first-order chi connectivity index (χ1) is 24.1. The molecule has 0 saturated carbocycles. The monoisotopic (exact) mass is 730 g/mol. The van der Waals surface area contributed by atoms with E-state index in [1.807, 2.05) is 12.2 Å². The maximum atomic E-state index is 12.6. The predicted octanol–water partition coefficient (Wildman–Crippen LogP) is 5.84. The Bertz CT molecular complexity index is 1120. The zero-order valence-corrected chi connectivity index (χ0v) is 30.7. The zero-order chi connectivity index (χ0) is 36.9. The molecule has 6 unspecified atom stereocenters. The molecule has 0 aliphatic carbocycles. The van der Waals surface area contributed by atoms with Crippen LogP contribution in [0.4, 0.5) is 0 Å². The molecular formula is C37H62O12S. The van der Waals surface area contributed by atoms with Crippen LogP contribution >= 0.6 is 0 Å². The lowest BCUT2D eigenvalue weighted by molar-refractivity contribution is -0.301. The average molecular weight is 731 g/mol. The number of esters is 1. The fourth-order valence-electron chi connectivity index (χ4n) is 4.97. The molecule has 1 aliphatic heterocycles. The number of carbonyl (C=O) groups is 1. The number of aliphatic hydroxyl groups excluding tert-OH is 3. The van der Waals surface area contributed by atoms with Crippen molar-refractivity contribution in [2.75, 3.05) is 26.4 Å². The smallest absolute Gasteiger partial charge is 0.397 e. The topological polar surface area (TPSA) is 178 Å². The van der Waals surface area contributed by atoms with E-state index in [1.165, 1.54) is 19.3 Å². The van der Waals surface area contributed by atoms with Gasteiger partial charge >= 0.3 is 16.4 Å². The number of carbonyl (C=O) groups excluding carboxylic acids is 1. The molecule has 0 spiro atoms. The molecule has 1 fully saturated rings. The van der Waals surface area contributed by atoms with Crippen molar-refractivity contribution in [1.82, 2.24) is 0 Å². The summed E-state index contributed by atoms with van der Waals surface area (Å²) in [4.78, 5) is 12.6. The second-order valence-corrected chi connectivity index (χ2v) is 13.1. The van der Waals surface area contributed by atoms with Gasteiger partial charge in [-0.05, 0) is 44.9 Å². The van der Waals surface area contributed by atoms with Crippen LogP contribution in [0.2, 0.25) is 0 Å². The molecule has 4 N–H and O–H groups in total. The Balaban J connectivity index is 2.57. The van der Waals surface area contributed by atoms with Gasteiger partial charge in [0.05, 0.1) is 26.4 Å². The molecule has 0 bridgehead atoms. The molecule has 1 saturated heterocycles. The Morgan fingerprint density at radius 1 is 0.780 bits per heavy atom. The van der Waals surface area contributed by atoms with Gasteiger partial charge in [0.15, 0.2) is 6.29 Å². The summed E-state index contributed by atoms with van der Waals surface area (Å²) in [5, 5.41) is 30.4. The Morgan fingerprint density at radius 2 is 1.34 bits per heavy atom. The van der Waals surface area contributed by atoms with Gasteiger partial charge in [-0.15, -0.1) is 0 Å². The third kappa shape index (κ3) is 23.3. The Hall–Kier alpha value is -2.20. The lowest BCUT2D eigenvalue weighted by Gasteiger charge is -2.41. The molecule has 0 amide bonds. The van der Waals surface area contributed by atoms with Gasteiger partial charge in [-0.3, -0.25) is 9.35 Å². The number of unbranched alkanes of at least 4 members (excludes halogenated alkanes) is 6. The van der Waals surface area contributed by atoms with Gasteiger partial charge in [-0.1, -0.05) is 113 Å². The van der Waals surface area contributed by atoms with Crippen molar-refractivity contribution in [3.63, 3.8) is 0 Å². The lowest BCUT2D eigenvalue weighted by atomic mass is 9.99. The van der Waals surface area contributed by atoms with Crippen LogP contribution in [0.5, 0.6) is 0 Å². The molecule has 12 nitrogen and oxygen atoms in total. The largest absolute Gasteiger partial charge is 0.457 e. The normalized spacial score (nSPS) is 22.6. The minimum Gasteiger partial charge on any atom is -0.457 e. The number of rotatable bonds is 29. The van der Waals surface area contributed by atoms with Crippen LogP contribution in [0, 0.1) is 0 Å². The summed E-state index contributed by atoms with van der Waals surface area (Å²) in [5.41, 5.74) is 0. The first-order valence-corrected chi connectivity index (χ1v) is 19.4. The number of allylic oxidation sites excluding steroid dienone is 9. The summed E-state index contributed by atoms with van der Waals surface area (Å²) in [6.07, 6.45) is 24.6. The number of hydrogen-bond donors (Lipinski definition) is 4. The SMILES string of the molecule is CC/C=C\C/C=C\C/C=C\C/C=C\C/C=C\CCOCC(COC1OC(CO)C(O)C(OS(=O)(=O)O)C1O)OC(=O)CCCCCCCCC. The van der Waals surface area contributed by atoms with Gasteiger partial charge < -0.3 is 34.3 Å². The maximum absolute atomic E-state index is 12.6. The average Bonchev–Trinajstić information content (AvgIpc) is 3.08. The second-order valence-electron chi connectivity index (χ2n) is 12.1. The minimum atomic E-state index is -5.06. The van der Waals surface area contributed by atoms with E-state index in [2.05, 4.69) is 66.6 Å². The summed E-state index contributed by atoms with van der Waals surface area (Å²) < 4.78 is 58.4. The molecule has 13 heteroatoms. The van der Waals surface area contributed by atoms with Crippen molar-refractivity contribution < 1.29 is 56.2 Å². The van der Waals surface area contributed by atoms with Gasteiger partial charge in [-0.25, -0.2) is 4.18 Å². The molecule has 6 atom stereocenters. The molecule has 0 radical (unpaired) electrons. The highest BCUT2D eigenvalue weighted by molar-refractivity contribution is 7.80. The molecule has 1 aliphatic rings. The number of aliphatic hydroxyl groups is 3. The van der Waals surface area contributed by atoms with E-state index in [0.29, 0.717) is 19.4 Å². The van der Waals surface area contributed by atoms with Gasteiger partial charge in [0.25, 0.3) is 0 Å². The van der Waals surface area contributed by atoms with Gasteiger partial charge in [0, 0.05) is 6.42 Å². The predicted molar refractivity (Wildman–Crippen MR) is 193 cm³/mol. The highest BCUT2D eigenvalue weighted by Crippen LogP contribution is 2.26. The fraction of sp³-hybridized carbons (Fsp3) is 0.703. The number of ether oxygens (including phenoxy) is 4. The Morgan fingerprint density at radius 3 is 1.90 bits per heavy atom. The van der Waals surface area contributed by atoms with E-state index in [-0.39, 0.29) is 19.6 Å². The van der Waals surface area contributed by atoms with Crippen LogP contribution in [0.3, 0.4) is 0 Å². The van der Waals surface area contributed by atoms with Crippen molar-refractivity contribution in [3.05, 3.63) is 60.8 Å². The maximum Gasteiger partial charge on any atom is 0.397 e. The first-order valence-electron chi connectivity index (χ1n) is 18.0. The van der Waals surface area contributed by atoms with Gasteiger partial charge in [-0.2, -0.15) is 8.42 Å². The summed E-state index contributed by atoms with van der Waals surface area (Å²) in [6, 6.07) is 0. The van der Waals surface area contributed by atoms with Crippen molar-refractivity contribution in [2.24, 2.45) is 0 Å². The van der Waals surface area contributed by atoms with Crippen LogP contribution in [0.1, 0.15) is 104 Å². The van der Waals surface area contributed by atoms with E-state index in [4.69, 9.17) is 23.5 Å². The van der Waals surface area contributed by atoms with E-state index >= 15 is 0 Å². The quantitative estimate of drug-likeness (QED) is 0.0313. The molecule has 288 valence electrons. The zero-order valence-electron chi connectivity index (χ0n) is 29.9. The Labute approximate surface area is 299 Å². The van der Waals surface area contributed by atoms with Gasteiger partial charge in [0.1, 0.15) is 30.5 Å². The summed E-state index contributed by atoms with van der Waals surface area (Å²) >= 11 is 0. The molecule has 1 rings (SSSR count). The molecule has 0 aromatic carbocycles. The first kappa shape index (κ1) is 45.8. The molecule has 50 heavy (non-hydrogen) atoms. The molecule has 0 aromatic rings. The molecular weight excluding hydrogens is 668 g/mol. The van der Waals surface area contributed by atoms with Crippen molar-refractivity contribution in [1.29, 1.82) is 0 Å². The van der Waals surface area contributed by atoms with E-state index < -0.39 is 59.8 Å². The third-order valence-electron chi connectivity index (χ3n) is 7.67. The lowest BCUT2D eigenvalue weighted by Crippen LogP contribution is -2.60. The summed E-state index contributed by atoms with van der Waals surface area (Å²) in [6.45, 7) is 3.55. The van der Waals surface area contributed by atoms with Crippen LogP contribution in [-0.4, -0.2) is 97.5 Å². The van der Waals surface area contributed by atoms with Crippen LogP contribution < -0.4 is 0 Å². The number of hydrogen-bond acceptors (Lipinski definition) is 11. The molecule has 0 aromatic heterocycles. The highest BCUT2D eigenvalue weighted by atomic mass is 32.3. The molecule has 1 heterocycles. The minimum absolute atomic E-state index is 0.0206. The van der Waals surface area contributed by atoms with Crippen LogP contribution in [0.15, 0.2) is 60.8 Å². The fourth-order valence-corrected chi connectivity index (χ4v) is 5.48. The summed E-state index contributed by atoms with van der Waals surface area (Å²) in [7, 11) is -5.06. The van der Waals surface area contributed by atoms with Crippen LogP contribution in [0.25, 0.3) is 0 Å². The van der Waals surface area contributed by atoms with Crippen molar-refractivity contribution in [2.45, 2.75) is 141 Å². The Kier molecular flexibility index (Phi) is 26.9.